The van der Waals surface area contributed by atoms with Crippen molar-refractivity contribution in [1.82, 2.24) is 10.3 Å². The molecule has 1 aromatic rings. The molecule has 0 unspecified atom stereocenters. The van der Waals surface area contributed by atoms with Crippen molar-refractivity contribution in [3.8, 4) is 0 Å². The topological polar surface area (TPSA) is 24.9 Å². The fourth-order valence-electron chi connectivity index (χ4n) is 1.13. The molecule has 0 aliphatic heterocycles. The van der Waals surface area contributed by atoms with Crippen molar-refractivity contribution in [2.24, 2.45) is 0 Å². The van der Waals surface area contributed by atoms with Gasteiger partial charge in [0, 0.05) is 24.9 Å². The quantitative estimate of drug-likeness (QED) is 0.576. The first kappa shape index (κ1) is 11.4. The van der Waals surface area contributed by atoms with E-state index in [9.17, 15) is 0 Å². The highest BCUT2D eigenvalue weighted by atomic mass is 32.1. The minimum absolute atomic E-state index is 0.930. The van der Waals surface area contributed by atoms with Crippen LogP contribution in [0.2, 0.25) is 0 Å². The Morgan fingerprint density at radius 3 is 3.00 bits per heavy atom. The molecule has 0 amide bonds. The molecule has 0 saturated heterocycles. The van der Waals surface area contributed by atoms with Gasteiger partial charge >= 0.3 is 0 Å². The number of aryl methyl sites for hydroxylation is 1. The lowest BCUT2D eigenvalue weighted by Crippen LogP contribution is -2.19. The third-order valence-corrected chi connectivity index (χ3v) is 2.92. The molecule has 3 heteroatoms. The second-order valence-electron chi connectivity index (χ2n) is 3.39. The number of nitrogens with zero attached hydrogens (tertiary/aromatic N) is 1. The van der Waals surface area contributed by atoms with Gasteiger partial charge in [-0.25, -0.2) is 4.98 Å². The highest BCUT2D eigenvalue weighted by Gasteiger charge is 1.97. The maximum absolute atomic E-state index is 4.40. The van der Waals surface area contributed by atoms with Crippen LogP contribution < -0.4 is 5.32 Å². The maximum Gasteiger partial charge on any atom is 0.0897 e. The number of thiazole rings is 1. The molecule has 78 valence electrons. The van der Waals surface area contributed by atoms with Gasteiger partial charge in [0.2, 0.25) is 0 Å². The molecule has 14 heavy (non-hydrogen) atoms. The van der Waals surface area contributed by atoms with Gasteiger partial charge in [0.25, 0.3) is 0 Å². The molecule has 0 aliphatic carbocycles. The van der Waals surface area contributed by atoms with E-state index in [4.69, 9.17) is 0 Å². The Balaban J connectivity index is 2.13. The van der Waals surface area contributed by atoms with Crippen LogP contribution in [0, 0.1) is 6.92 Å². The van der Waals surface area contributed by atoms with E-state index in [1.165, 1.54) is 11.3 Å². The second-order valence-corrected chi connectivity index (χ2v) is 4.45. The lowest BCUT2D eigenvalue weighted by Gasteiger charge is -2.03. The first-order valence-electron chi connectivity index (χ1n) is 5.00. The summed E-state index contributed by atoms with van der Waals surface area (Å²) in [7, 11) is 0. The highest BCUT2D eigenvalue weighted by molar-refractivity contribution is 7.09. The Morgan fingerprint density at radius 1 is 1.64 bits per heavy atom. The van der Waals surface area contributed by atoms with E-state index in [2.05, 4.69) is 29.2 Å². The number of aromatic nitrogens is 1. The molecule has 2 nitrogen and oxygen atoms in total. The third-order valence-electron chi connectivity index (χ3n) is 2.10. The van der Waals surface area contributed by atoms with Crippen LogP contribution in [0.5, 0.6) is 0 Å². The van der Waals surface area contributed by atoms with E-state index >= 15 is 0 Å². The molecular weight excluding hydrogens is 192 g/mol. The van der Waals surface area contributed by atoms with E-state index < -0.39 is 0 Å². The van der Waals surface area contributed by atoms with Crippen LogP contribution in [-0.4, -0.2) is 18.1 Å². The SMILES string of the molecule is C=C(CC)CNCCc1csc(C)n1. The molecule has 1 N–H and O–H groups in total. The molecule has 0 aromatic carbocycles. The van der Waals surface area contributed by atoms with Gasteiger partial charge in [-0.2, -0.15) is 0 Å². The average molecular weight is 210 g/mol. The van der Waals surface area contributed by atoms with E-state index in [1.54, 1.807) is 11.3 Å². The lowest BCUT2D eigenvalue weighted by atomic mass is 10.2. The molecule has 0 aliphatic rings. The molecule has 0 fully saturated rings. The van der Waals surface area contributed by atoms with Gasteiger partial charge in [-0.1, -0.05) is 19.1 Å². The van der Waals surface area contributed by atoms with Crippen LogP contribution >= 0.6 is 11.3 Å². The van der Waals surface area contributed by atoms with Crippen molar-refractivity contribution in [3.05, 3.63) is 28.2 Å². The fourth-order valence-corrected chi connectivity index (χ4v) is 1.78. The number of hydrogen-bond acceptors (Lipinski definition) is 3. The first-order valence-corrected chi connectivity index (χ1v) is 5.88. The van der Waals surface area contributed by atoms with Gasteiger partial charge in [0.15, 0.2) is 0 Å². The van der Waals surface area contributed by atoms with Gasteiger partial charge in [-0.15, -0.1) is 11.3 Å². The molecule has 0 saturated carbocycles. The molecule has 0 radical (unpaired) electrons. The Kier molecular flexibility index (Phi) is 4.84. The molecule has 0 spiro atoms. The van der Waals surface area contributed by atoms with Gasteiger partial charge in [-0.3, -0.25) is 0 Å². The highest BCUT2D eigenvalue weighted by Crippen LogP contribution is 2.07. The van der Waals surface area contributed by atoms with E-state index in [0.29, 0.717) is 0 Å². The Hall–Kier alpha value is -0.670. The Bertz CT molecular complexity index is 291. The Morgan fingerprint density at radius 2 is 2.43 bits per heavy atom. The Labute approximate surface area is 90.1 Å². The minimum atomic E-state index is 0.930. The summed E-state index contributed by atoms with van der Waals surface area (Å²) in [6, 6.07) is 0. The third kappa shape index (κ3) is 4.03. The normalized spacial score (nSPS) is 10.4. The van der Waals surface area contributed by atoms with E-state index in [1.807, 2.05) is 6.92 Å². The summed E-state index contributed by atoms with van der Waals surface area (Å²) in [6.07, 6.45) is 2.07. The van der Waals surface area contributed by atoms with Crippen molar-refractivity contribution in [1.29, 1.82) is 0 Å². The smallest absolute Gasteiger partial charge is 0.0897 e. The average Bonchev–Trinajstić information content (AvgIpc) is 2.58. The summed E-state index contributed by atoms with van der Waals surface area (Å²) in [5.74, 6) is 0. The van der Waals surface area contributed by atoms with Crippen LogP contribution in [0.15, 0.2) is 17.5 Å². The summed E-state index contributed by atoms with van der Waals surface area (Å²) < 4.78 is 0. The standard InChI is InChI=1S/C11H18N2S/c1-4-9(2)7-12-6-5-11-8-14-10(3)13-11/h8,12H,2,4-7H2,1,3H3. The molecule has 1 aromatic heterocycles. The lowest BCUT2D eigenvalue weighted by molar-refractivity contribution is 0.710. The van der Waals surface area contributed by atoms with Crippen LogP contribution in [0.3, 0.4) is 0 Å². The first-order chi connectivity index (χ1) is 6.72. The fraction of sp³-hybridized carbons (Fsp3) is 0.545. The maximum atomic E-state index is 4.40. The van der Waals surface area contributed by atoms with Gasteiger partial charge in [-0.05, 0) is 13.3 Å². The van der Waals surface area contributed by atoms with Crippen molar-refractivity contribution in [2.45, 2.75) is 26.7 Å². The zero-order chi connectivity index (χ0) is 10.4. The molecule has 1 rings (SSSR count). The van der Waals surface area contributed by atoms with Crippen molar-refractivity contribution in [3.63, 3.8) is 0 Å². The van der Waals surface area contributed by atoms with Crippen molar-refractivity contribution < 1.29 is 0 Å². The van der Waals surface area contributed by atoms with Crippen LogP contribution in [0.4, 0.5) is 0 Å². The van der Waals surface area contributed by atoms with E-state index in [0.717, 1.165) is 30.9 Å². The van der Waals surface area contributed by atoms with Gasteiger partial charge < -0.3 is 5.32 Å². The van der Waals surface area contributed by atoms with E-state index in [-0.39, 0.29) is 0 Å². The summed E-state index contributed by atoms with van der Waals surface area (Å²) in [5, 5.41) is 6.64. The number of nitrogens with one attached hydrogen (secondary N) is 1. The largest absolute Gasteiger partial charge is 0.313 e. The van der Waals surface area contributed by atoms with Gasteiger partial charge in [0.05, 0.1) is 10.7 Å². The summed E-state index contributed by atoms with van der Waals surface area (Å²) in [5.41, 5.74) is 2.46. The second kappa shape index (κ2) is 5.94. The van der Waals surface area contributed by atoms with Gasteiger partial charge in [0.1, 0.15) is 0 Å². The summed E-state index contributed by atoms with van der Waals surface area (Å²) >= 11 is 1.72. The molecule has 0 atom stereocenters. The molecular formula is C11H18N2S. The van der Waals surface area contributed by atoms with Crippen LogP contribution in [0.25, 0.3) is 0 Å². The zero-order valence-electron chi connectivity index (χ0n) is 8.97. The molecule has 1 heterocycles. The summed E-state index contributed by atoms with van der Waals surface area (Å²) in [6.45, 7) is 10.0. The zero-order valence-corrected chi connectivity index (χ0v) is 9.78. The van der Waals surface area contributed by atoms with Crippen LogP contribution in [0.1, 0.15) is 24.0 Å². The van der Waals surface area contributed by atoms with Crippen molar-refractivity contribution in [2.75, 3.05) is 13.1 Å². The van der Waals surface area contributed by atoms with Crippen LogP contribution in [-0.2, 0) is 6.42 Å². The van der Waals surface area contributed by atoms with Crippen molar-refractivity contribution >= 4 is 11.3 Å². The molecule has 0 bridgehead atoms. The minimum Gasteiger partial charge on any atom is -0.313 e. The summed E-state index contributed by atoms with van der Waals surface area (Å²) in [4.78, 5) is 4.40. The number of rotatable bonds is 6. The predicted octanol–water partition coefficient (Wildman–Crippen LogP) is 2.55. The predicted molar refractivity (Wildman–Crippen MR) is 62.9 cm³/mol. The number of hydrogen-bond donors (Lipinski definition) is 1. The monoisotopic (exact) mass is 210 g/mol.